The molecule has 3 aromatic rings. The number of rotatable bonds is 10. The van der Waals surface area contributed by atoms with Crippen LogP contribution in [0.4, 0.5) is 0 Å². The van der Waals surface area contributed by atoms with E-state index in [0.29, 0.717) is 18.2 Å². The molecule has 0 spiro atoms. The van der Waals surface area contributed by atoms with E-state index < -0.39 is 5.97 Å². The molecule has 0 bridgehead atoms. The summed E-state index contributed by atoms with van der Waals surface area (Å²) >= 11 is 6.00. The SMILES string of the molecule is CCCCCCOc1ccc2c(c1)c(CC(=O)O)c(C)n2Cc1ccc(Cl)cc1. The molecule has 1 heterocycles. The van der Waals surface area contributed by atoms with Crippen molar-refractivity contribution in [3.63, 3.8) is 0 Å². The molecule has 5 heteroatoms. The molecule has 0 saturated carbocycles. The van der Waals surface area contributed by atoms with Crippen LogP contribution in [-0.2, 0) is 17.8 Å². The minimum Gasteiger partial charge on any atom is -0.494 e. The third kappa shape index (κ3) is 5.33. The van der Waals surface area contributed by atoms with Gasteiger partial charge in [0.1, 0.15) is 5.75 Å². The Kier molecular flexibility index (Phi) is 7.21. The molecule has 0 unspecified atom stereocenters. The van der Waals surface area contributed by atoms with Crippen LogP contribution in [0.5, 0.6) is 5.75 Å². The highest BCUT2D eigenvalue weighted by Gasteiger charge is 2.17. The molecule has 2 aromatic carbocycles. The van der Waals surface area contributed by atoms with Gasteiger partial charge < -0.3 is 14.4 Å². The molecule has 0 aliphatic carbocycles. The van der Waals surface area contributed by atoms with Gasteiger partial charge in [-0.3, -0.25) is 4.79 Å². The number of hydrogen-bond donors (Lipinski definition) is 1. The van der Waals surface area contributed by atoms with Gasteiger partial charge in [0.25, 0.3) is 0 Å². The molecule has 154 valence electrons. The van der Waals surface area contributed by atoms with Crippen LogP contribution in [0.25, 0.3) is 10.9 Å². The molecule has 1 N–H and O–H groups in total. The second-order valence-electron chi connectivity index (χ2n) is 7.44. The van der Waals surface area contributed by atoms with Crippen molar-refractivity contribution in [3.05, 3.63) is 64.3 Å². The zero-order chi connectivity index (χ0) is 20.8. The van der Waals surface area contributed by atoms with Gasteiger partial charge in [-0.1, -0.05) is 49.9 Å². The second-order valence-corrected chi connectivity index (χ2v) is 7.87. The van der Waals surface area contributed by atoms with Crippen LogP contribution in [0, 0.1) is 6.92 Å². The minimum atomic E-state index is -0.829. The highest BCUT2D eigenvalue weighted by Crippen LogP contribution is 2.31. The first-order chi connectivity index (χ1) is 14.0. The van der Waals surface area contributed by atoms with E-state index in [-0.39, 0.29) is 6.42 Å². The average molecular weight is 414 g/mol. The Bertz CT molecular complexity index is 976. The van der Waals surface area contributed by atoms with Gasteiger partial charge in [-0.05, 0) is 54.8 Å². The lowest BCUT2D eigenvalue weighted by atomic mass is 10.1. The molecule has 0 radical (unpaired) electrons. The standard InChI is InChI=1S/C24H28ClNO3/c1-3-4-5-6-13-29-20-11-12-23-22(14-20)21(15-24(27)28)17(2)26(23)16-18-7-9-19(25)10-8-18/h7-12,14H,3-6,13,15-16H2,1-2H3,(H,27,28). The van der Waals surface area contributed by atoms with Crippen molar-refractivity contribution in [3.8, 4) is 5.75 Å². The number of benzene rings is 2. The first-order valence-corrected chi connectivity index (χ1v) is 10.6. The van der Waals surface area contributed by atoms with Crippen LogP contribution in [0.2, 0.25) is 5.02 Å². The van der Waals surface area contributed by atoms with Crippen molar-refractivity contribution in [2.75, 3.05) is 6.61 Å². The molecule has 3 rings (SSSR count). The number of carboxylic acids is 1. The monoisotopic (exact) mass is 413 g/mol. The Balaban J connectivity index is 1.91. The van der Waals surface area contributed by atoms with E-state index >= 15 is 0 Å². The summed E-state index contributed by atoms with van der Waals surface area (Å²) in [5, 5.41) is 11.1. The molecule has 0 atom stereocenters. The van der Waals surface area contributed by atoms with Gasteiger partial charge in [0, 0.05) is 28.2 Å². The van der Waals surface area contributed by atoms with Crippen LogP contribution < -0.4 is 4.74 Å². The summed E-state index contributed by atoms with van der Waals surface area (Å²) in [5.41, 5.74) is 3.95. The van der Waals surface area contributed by atoms with Crippen molar-refractivity contribution >= 4 is 28.5 Å². The summed E-state index contributed by atoms with van der Waals surface area (Å²) in [6.07, 6.45) is 4.61. The van der Waals surface area contributed by atoms with Crippen molar-refractivity contribution < 1.29 is 14.6 Å². The maximum atomic E-state index is 11.5. The lowest BCUT2D eigenvalue weighted by Gasteiger charge is -2.10. The number of aliphatic carboxylic acids is 1. The smallest absolute Gasteiger partial charge is 0.307 e. The van der Waals surface area contributed by atoms with Gasteiger partial charge in [0.2, 0.25) is 0 Å². The predicted octanol–water partition coefficient (Wildman–Crippen LogP) is 6.24. The number of unbranched alkanes of at least 4 members (excludes halogenated alkanes) is 3. The Morgan fingerprint density at radius 1 is 1.10 bits per heavy atom. The quantitative estimate of drug-likeness (QED) is 0.400. The van der Waals surface area contributed by atoms with E-state index in [4.69, 9.17) is 16.3 Å². The molecular formula is C24H28ClNO3. The number of carboxylic acid groups (broad SMARTS) is 1. The highest BCUT2D eigenvalue weighted by atomic mass is 35.5. The highest BCUT2D eigenvalue weighted by molar-refractivity contribution is 6.30. The van der Waals surface area contributed by atoms with Crippen molar-refractivity contribution in [2.24, 2.45) is 0 Å². The summed E-state index contributed by atoms with van der Waals surface area (Å²) in [7, 11) is 0. The van der Waals surface area contributed by atoms with Crippen molar-refractivity contribution in [1.82, 2.24) is 4.57 Å². The summed E-state index contributed by atoms with van der Waals surface area (Å²) in [4.78, 5) is 11.5. The normalized spacial score (nSPS) is 11.1. The Morgan fingerprint density at radius 2 is 1.86 bits per heavy atom. The van der Waals surface area contributed by atoms with Crippen LogP contribution in [-0.4, -0.2) is 22.2 Å². The average Bonchev–Trinajstić information content (AvgIpc) is 2.94. The molecule has 0 fully saturated rings. The Hall–Kier alpha value is -2.46. The number of aromatic nitrogens is 1. The molecule has 0 aliphatic rings. The topological polar surface area (TPSA) is 51.5 Å². The van der Waals surface area contributed by atoms with E-state index in [2.05, 4.69) is 11.5 Å². The van der Waals surface area contributed by atoms with E-state index in [1.807, 2.05) is 49.4 Å². The molecule has 0 saturated heterocycles. The third-order valence-electron chi connectivity index (χ3n) is 5.27. The lowest BCUT2D eigenvalue weighted by Crippen LogP contribution is -2.05. The van der Waals surface area contributed by atoms with Crippen molar-refractivity contribution in [1.29, 1.82) is 0 Å². The number of ether oxygens (including phenoxy) is 1. The lowest BCUT2D eigenvalue weighted by molar-refractivity contribution is -0.136. The zero-order valence-electron chi connectivity index (χ0n) is 17.1. The summed E-state index contributed by atoms with van der Waals surface area (Å²) < 4.78 is 8.10. The Labute approximate surface area is 177 Å². The minimum absolute atomic E-state index is 0.00406. The van der Waals surface area contributed by atoms with E-state index in [0.717, 1.165) is 39.9 Å². The van der Waals surface area contributed by atoms with Gasteiger partial charge in [0.05, 0.1) is 13.0 Å². The van der Waals surface area contributed by atoms with E-state index in [9.17, 15) is 9.90 Å². The first kappa shape index (κ1) is 21.3. The first-order valence-electron chi connectivity index (χ1n) is 10.2. The fourth-order valence-corrected chi connectivity index (χ4v) is 3.82. The molecule has 0 amide bonds. The molecule has 1 aromatic heterocycles. The number of fused-ring (bicyclic) bond motifs is 1. The van der Waals surface area contributed by atoms with E-state index in [1.54, 1.807) is 0 Å². The molecule has 0 aliphatic heterocycles. The number of halogens is 1. The zero-order valence-corrected chi connectivity index (χ0v) is 17.8. The Morgan fingerprint density at radius 3 is 2.55 bits per heavy atom. The maximum Gasteiger partial charge on any atom is 0.307 e. The van der Waals surface area contributed by atoms with E-state index in [1.165, 1.54) is 19.3 Å². The maximum absolute atomic E-state index is 11.5. The fraction of sp³-hybridized carbons (Fsp3) is 0.375. The van der Waals surface area contributed by atoms with Crippen LogP contribution in [0.3, 0.4) is 0 Å². The summed E-state index contributed by atoms with van der Waals surface area (Å²) in [6, 6.07) is 13.7. The van der Waals surface area contributed by atoms with Gasteiger partial charge in [-0.25, -0.2) is 0 Å². The van der Waals surface area contributed by atoms with Gasteiger partial charge >= 0.3 is 5.97 Å². The predicted molar refractivity (Wildman–Crippen MR) is 118 cm³/mol. The van der Waals surface area contributed by atoms with Crippen LogP contribution >= 0.6 is 11.6 Å². The number of hydrogen-bond acceptors (Lipinski definition) is 2. The van der Waals surface area contributed by atoms with Crippen LogP contribution in [0.15, 0.2) is 42.5 Å². The summed E-state index contributed by atoms with van der Waals surface area (Å²) in [5.74, 6) is -0.0335. The van der Waals surface area contributed by atoms with Gasteiger partial charge in [-0.15, -0.1) is 0 Å². The van der Waals surface area contributed by atoms with Crippen LogP contribution in [0.1, 0.15) is 49.4 Å². The fourth-order valence-electron chi connectivity index (χ4n) is 3.69. The van der Waals surface area contributed by atoms with Crippen molar-refractivity contribution in [2.45, 2.75) is 52.5 Å². The largest absolute Gasteiger partial charge is 0.494 e. The molecule has 29 heavy (non-hydrogen) atoms. The van der Waals surface area contributed by atoms with Gasteiger partial charge in [-0.2, -0.15) is 0 Å². The molecular weight excluding hydrogens is 386 g/mol. The van der Waals surface area contributed by atoms with Gasteiger partial charge in [0.15, 0.2) is 0 Å². The molecule has 4 nitrogen and oxygen atoms in total. The second kappa shape index (κ2) is 9.84. The summed E-state index contributed by atoms with van der Waals surface area (Å²) in [6.45, 7) is 5.52. The number of nitrogens with zero attached hydrogens (tertiary/aromatic N) is 1. The third-order valence-corrected chi connectivity index (χ3v) is 5.53. The number of carbonyl (C=O) groups is 1.